The summed E-state index contributed by atoms with van der Waals surface area (Å²) in [6.45, 7) is 8.27. The van der Waals surface area contributed by atoms with Gasteiger partial charge in [-0.3, -0.25) is 4.79 Å². The number of carbonyl (C=O) groups excluding carboxylic acids is 2. The van der Waals surface area contributed by atoms with Crippen molar-refractivity contribution < 1.29 is 14.3 Å². The van der Waals surface area contributed by atoms with Gasteiger partial charge in [0, 0.05) is 28.6 Å². The van der Waals surface area contributed by atoms with Gasteiger partial charge in [0.1, 0.15) is 5.57 Å². The molecular weight excluding hydrogens is 352 g/mol. The monoisotopic (exact) mass is 378 g/mol. The zero-order valence-electron chi connectivity index (χ0n) is 16.5. The molecule has 1 N–H and O–H groups in total. The average Bonchev–Trinajstić information content (AvgIpc) is 3.28. The van der Waals surface area contributed by atoms with Crippen LogP contribution in [-0.4, -0.2) is 34.4 Å². The SMILES string of the molecule is C=C1CN(C(=O)C2CCCC2)C=C(C(=O)OC(C)C)c2[nH]c3ccccc3c21. The summed E-state index contributed by atoms with van der Waals surface area (Å²) in [5.74, 6) is -0.329. The number of hydrogen-bond donors (Lipinski definition) is 1. The zero-order valence-corrected chi connectivity index (χ0v) is 16.5. The fourth-order valence-corrected chi connectivity index (χ4v) is 4.24. The van der Waals surface area contributed by atoms with E-state index in [9.17, 15) is 9.59 Å². The normalized spacial score (nSPS) is 17.6. The number of para-hydroxylation sites is 1. The Kier molecular flexibility index (Phi) is 4.84. The van der Waals surface area contributed by atoms with E-state index in [0.29, 0.717) is 17.8 Å². The summed E-state index contributed by atoms with van der Waals surface area (Å²) in [5.41, 5.74) is 3.71. The van der Waals surface area contributed by atoms with Crippen molar-refractivity contribution in [1.29, 1.82) is 0 Å². The van der Waals surface area contributed by atoms with Gasteiger partial charge in [-0.15, -0.1) is 0 Å². The summed E-state index contributed by atoms with van der Waals surface area (Å²) in [6.07, 6.45) is 5.41. The Labute approximate surface area is 165 Å². The highest BCUT2D eigenvalue weighted by Crippen LogP contribution is 2.37. The molecule has 1 aliphatic heterocycles. The smallest absolute Gasteiger partial charge is 0.342 e. The number of amides is 1. The quantitative estimate of drug-likeness (QED) is 0.800. The summed E-state index contributed by atoms with van der Waals surface area (Å²) in [7, 11) is 0. The van der Waals surface area contributed by atoms with Crippen molar-refractivity contribution >= 4 is 33.9 Å². The van der Waals surface area contributed by atoms with Crippen LogP contribution in [-0.2, 0) is 14.3 Å². The van der Waals surface area contributed by atoms with Crippen LogP contribution < -0.4 is 0 Å². The number of H-pyrrole nitrogens is 1. The number of rotatable bonds is 3. The summed E-state index contributed by atoms with van der Waals surface area (Å²) < 4.78 is 5.49. The van der Waals surface area contributed by atoms with Crippen LogP contribution in [0.1, 0.15) is 50.8 Å². The molecule has 1 saturated carbocycles. The molecule has 0 unspecified atom stereocenters. The van der Waals surface area contributed by atoms with Gasteiger partial charge in [-0.25, -0.2) is 4.79 Å². The van der Waals surface area contributed by atoms with Crippen molar-refractivity contribution in [3.05, 3.63) is 48.3 Å². The molecule has 4 rings (SSSR count). The molecule has 5 heteroatoms. The minimum atomic E-state index is -0.429. The third-order valence-electron chi connectivity index (χ3n) is 5.53. The second-order valence-corrected chi connectivity index (χ2v) is 7.97. The van der Waals surface area contributed by atoms with Crippen LogP contribution in [0, 0.1) is 5.92 Å². The molecule has 2 heterocycles. The molecule has 2 aliphatic rings. The van der Waals surface area contributed by atoms with Gasteiger partial charge < -0.3 is 14.6 Å². The van der Waals surface area contributed by atoms with E-state index in [1.807, 2.05) is 38.1 Å². The van der Waals surface area contributed by atoms with Crippen LogP contribution in [0.2, 0.25) is 0 Å². The lowest BCUT2D eigenvalue weighted by Crippen LogP contribution is -2.32. The number of fused-ring (bicyclic) bond motifs is 3. The van der Waals surface area contributed by atoms with Crippen LogP contribution in [0.15, 0.2) is 37.0 Å². The van der Waals surface area contributed by atoms with Gasteiger partial charge in [-0.1, -0.05) is 37.6 Å². The predicted molar refractivity (Wildman–Crippen MR) is 110 cm³/mol. The number of ether oxygens (including phenoxy) is 1. The number of aromatic nitrogens is 1. The van der Waals surface area contributed by atoms with Crippen molar-refractivity contribution in [2.24, 2.45) is 5.92 Å². The molecule has 0 radical (unpaired) electrons. The maximum Gasteiger partial charge on any atom is 0.342 e. The fraction of sp³-hybridized carbons (Fsp3) is 0.391. The van der Waals surface area contributed by atoms with Crippen LogP contribution in [0.5, 0.6) is 0 Å². The van der Waals surface area contributed by atoms with E-state index in [4.69, 9.17) is 4.74 Å². The third kappa shape index (κ3) is 3.26. The molecule has 1 aromatic heterocycles. The molecule has 1 aliphatic carbocycles. The third-order valence-corrected chi connectivity index (χ3v) is 5.53. The maximum absolute atomic E-state index is 13.1. The van der Waals surface area contributed by atoms with Gasteiger partial charge in [0.15, 0.2) is 0 Å². The number of hydrogen-bond acceptors (Lipinski definition) is 3. The van der Waals surface area contributed by atoms with Gasteiger partial charge in [0.2, 0.25) is 5.91 Å². The minimum Gasteiger partial charge on any atom is -0.459 e. The zero-order chi connectivity index (χ0) is 19.8. The molecule has 1 aromatic carbocycles. The molecular formula is C23H26N2O3. The highest BCUT2D eigenvalue weighted by Gasteiger charge is 2.32. The number of nitrogens with zero attached hydrogens (tertiary/aromatic N) is 1. The van der Waals surface area contributed by atoms with Gasteiger partial charge >= 0.3 is 5.97 Å². The van der Waals surface area contributed by atoms with E-state index in [1.54, 1.807) is 11.1 Å². The van der Waals surface area contributed by atoms with Crippen molar-refractivity contribution in [1.82, 2.24) is 9.88 Å². The molecule has 2 aromatic rings. The standard InChI is InChI=1S/C23H26N2O3/c1-14(2)28-23(27)18-13-25(22(26)16-8-4-5-9-16)12-15(3)20-17-10-6-7-11-19(17)24-21(18)20/h6-7,10-11,13-14,16,24H,3-5,8-9,12H2,1-2H3. The average molecular weight is 378 g/mol. The van der Waals surface area contributed by atoms with E-state index in [1.165, 1.54) is 0 Å². The van der Waals surface area contributed by atoms with Crippen LogP contribution in [0.3, 0.4) is 0 Å². The largest absolute Gasteiger partial charge is 0.459 e. The van der Waals surface area contributed by atoms with E-state index in [2.05, 4.69) is 11.6 Å². The first-order valence-corrected chi connectivity index (χ1v) is 9.98. The molecule has 5 nitrogen and oxygen atoms in total. The number of benzene rings is 1. The Morgan fingerprint density at radius 2 is 1.93 bits per heavy atom. The van der Waals surface area contributed by atoms with E-state index in [0.717, 1.165) is 47.7 Å². The Morgan fingerprint density at radius 3 is 2.64 bits per heavy atom. The van der Waals surface area contributed by atoms with Crippen LogP contribution >= 0.6 is 0 Å². The molecule has 146 valence electrons. The topological polar surface area (TPSA) is 62.4 Å². The van der Waals surface area contributed by atoms with Gasteiger partial charge in [-0.2, -0.15) is 0 Å². The Hall–Kier alpha value is -2.82. The molecule has 1 amide bonds. The van der Waals surface area contributed by atoms with Crippen molar-refractivity contribution in [3.8, 4) is 0 Å². The fourth-order valence-electron chi connectivity index (χ4n) is 4.24. The maximum atomic E-state index is 13.1. The lowest BCUT2D eigenvalue weighted by Gasteiger charge is -2.22. The highest BCUT2D eigenvalue weighted by atomic mass is 16.5. The summed E-state index contributed by atoms with van der Waals surface area (Å²) in [5, 5.41) is 1.00. The van der Waals surface area contributed by atoms with E-state index < -0.39 is 5.97 Å². The first kappa shape index (κ1) is 18.5. The second-order valence-electron chi connectivity index (χ2n) is 7.97. The van der Waals surface area contributed by atoms with Crippen molar-refractivity contribution in [3.63, 3.8) is 0 Å². The predicted octanol–water partition coefficient (Wildman–Crippen LogP) is 4.51. The lowest BCUT2D eigenvalue weighted by molar-refractivity contribution is -0.140. The van der Waals surface area contributed by atoms with E-state index in [-0.39, 0.29) is 17.9 Å². The second kappa shape index (κ2) is 7.30. The number of carbonyl (C=O) groups is 2. The van der Waals surface area contributed by atoms with Gasteiger partial charge in [0.05, 0.1) is 18.3 Å². The number of esters is 1. The molecule has 28 heavy (non-hydrogen) atoms. The summed E-state index contributed by atoms with van der Waals surface area (Å²) in [4.78, 5) is 31.0. The summed E-state index contributed by atoms with van der Waals surface area (Å²) >= 11 is 0. The Morgan fingerprint density at radius 1 is 1.21 bits per heavy atom. The molecule has 0 spiro atoms. The van der Waals surface area contributed by atoms with E-state index >= 15 is 0 Å². The van der Waals surface area contributed by atoms with Gasteiger partial charge in [0.25, 0.3) is 0 Å². The molecule has 0 atom stereocenters. The summed E-state index contributed by atoms with van der Waals surface area (Å²) in [6, 6.07) is 7.90. The first-order valence-electron chi connectivity index (χ1n) is 9.98. The van der Waals surface area contributed by atoms with Crippen LogP contribution in [0.25, 0.3) is 22.0 Å². The Balaban J connectivity index is 1.82. The van der Waals surface area contributed by atoms with Crippen LogP contribution in [0.4, 0.5) is 0 Å². The lowest BCUT2D eigenvalue weighted by atomic mass is 10.0. The van der Waals surface area contributed by atoms with Gasteiger partial charge in [-0.05, 0) is 38.3 Å². The van der Waals surface area contributed by atoms with Crippen molar-refractivity contribution in [2.45, 2.75) is 45.6 Å². The highest BCUT2D eigenvalue weighted by molar-refractivity contribution is 6.20. The Bertz CT molecular complexity index is 977. The van der Waals surface area contributed by atoms with Crippen molar-refractivity contribution in [2.75, 3.05) is 6.54 Å². The molecule has 0 saturated heterocycles. The first-order chi connectivity index (χ1) is 13.5. The molecule has 0 bridgehead atoms. The number of aromatic amines is 1. The minimum absolute atomic E-state index is 0.0274. The molecule has 1 fully saturated rings. The number of nitrogens with one attached hydrogen (secondary N) is 1.